The van der Waals surface area contributed by atoms with Crippen LogP contribution >= 0.6 is 0 Å². The van der Waals surface area contributed by atoms with Gasteiger partial charge in [0.25, 0.3) is 0 Å². The van der Waals surface area contributed by atoms with Crippen molar-refractivity contribution in [2.24, 2.45) is 7.05 Å². The minimum absolute atomic E-state index is 1.05. The Bertz CT molecular complexity index is 265. The fraction of sp³-hybridized carbons (Fsp3) is 0.714. The van der Waals surface area contributed by atoms with Gasteiger partial charge in [0, 0.05) is 20.6 Å². The zero-order valence-electron chi connectivity index (χ0n) is 6.91. The summed E-state index contributed by atoms with van der Waals surface area (Å²) in [6, 6.07) is 0. The normalized spacial score (nSPS) is 16.7. The highest BCUT2D eigenvalue weighted by atomic mass is 15.5. The largest absolute Gasteiger partial charge is 0.357 e. The molecule has 1 aliphatic rings. The van der Waals surface area contributed by atoms with Gasteiger partial charge in [-0.1, -0.05) is 5.21 Å². The van der Waals surface area contributed by atoms with Crippen LogP contribution in [0.15, 0.2) is 0 Å². The summed E-state index contributed by atoms with van der Waals surface area (Å²) in [6.07, 6.45) is 2.33. The average molecular weight is 152 g/mol. The van der Waals surface area contributed by atoms with Crippen molar-refractivity contribution in [2.45, 2.75) is 12.8 Å². The Labute approximate surface area is 65.8 Å². The van der Waals surface area contributed by atoms with Crippen LogP contribution in [0.4, 0.5) is 5.82 Å². The fourth-order valence-corrected chi connectivity index (χ4v) is 1.53. The van der Waals surface area contributed by atoms with Crippen molar-refractivity contribution in [1.29, 1.82) is 0 Å². The van der Waals surface area contributed by atoms with Gasteiger partial charge < -0.3 is 4.90 Å². The summed E-state index contributed by atoms with van der Waals surface area (Å²) in [6.45, 7) is 1.10. The maximum Gasteiger partial charge on any atom is 0.174 e. The van der Waals surface area contributed by atoms with E-state index >= 15 is 0 Å². The predicted octanol–water partition coefficient (Wildman–Crippen LogP) is 0.197. The van der Waals surface area contributed by atoms with E-state index in [1.54, 1.807) is 0 Å². The second-order valence-electron chi connectivity index (χ2n) is 3.01. The first-order chi connectivity index (χ1) is 5.29. The highest BCUT2D eigenvalue weighted by Crippen LogP contribution is 2.21. The molecular formula is C7H12N4. The van der Waals surface area contributed by atoms with Crippen LogP contribution in [-0.4, -0.2) is 28.6 Å². The Morgan fingerprint density at radius 1 is 1.36 bits per heavy atom. The number of hydrogen-bond acceptors (Lipinski definition) is 3. The van der Waals surface area contributed by atoms with E-state index in [-0.39, 0.29) is 0 Å². The number of aromatic nitrogens is 3. The van der Waals surface area contributed by atoms with Gasteiger partial charge in [-0.25, -0.2) is 0 Å². The molecule has 1 aromatic rings. The summed E-state index contributed by atoms with van der Waals surface area (Å²) in [5.74, 6) is 1.05. The third-order valence-corrected chi connectivity index (χ3v) is 2.19. The molecule has 0 fully saturated rings. The van der Waals surface area contributed by atoms with Gasteiger partial charge in [-0.05, 0) is 12.8 Å². The number of anilines is 1. The van der Waals surface area contributed by atoms with Gasteiger partial charge in [-0.2, -0.15) is 0 Å². The van der Waals surface area contributed by atoms with Gasteiger partial charge in [0.2, 0.25) is 0 Å². The zero-order valence-corrected chi connectivity index (χ0v) is 6.91. The van der Waals surface area contributed by atoms with Crippen LogP contribution in [-0.2, 0) is 13.5 Å². The Morgan fingerprint density at radius 3 is 2.91 bits per heavy atom. The van der Waals surface area contributed by atoms with E-state index in [0.29, 0.717) is 0 Å². The molecule has 0 N–H and O–H groups in total. The van der Waals surface area contributed by atoms with Crippen LogP contribution in [0.1, 0.15) is 12.1 Å². The molecule has 2 heterocycles. The summed E-state index contributed by atoms with van der Waals surface area (Å²) in [7, 11) is 4.01. The van der Waals surface area contributed by atoms with Crippen molar-refractivity contribution in [2.75, 3.05) is 18.5 Å². The van der Waals surface area contributed by atoms with Gasteiger partial charge in [0.05, 0.1) is 5.69 Å². The van der Waals surface area contributed by atoms with Gasteiger partial charge in [0.15, 0.2) is 5.82 Å². The lowest BCUT2D eigenvalue weighted by Gasteiger charge is -2.22. The van der Waals surface area contributed by atoms with Crippen LogP contribution in [0.2, 0.25) is 0 Å². The Kier molecular flexibility index (Phi) is 1.34. The van der Waals surface area contributed by atoms with Crippen LogP contribution in [0.3, 0.4) is 0 Å². The molecule has 11 heavy (non-hydrogen) atoms. The quantitative estimate of drug-likeness (QED) is 0.532. The molecule has 1 aromatic heterocycles. The van der Waals surface area contributed by atoms with E-state index in [1.807, 2.05) is 11.7 Å². The zero-order chi connectivity index (χ0) is 7.84. The van der Waals surface area contributed by atoms with Crippen LogP contribution in [0.25, 0.3) is 0 Å². The highest BCUT2D eigenvalue weighted by molar-refractivity contribution is 5.43. The topological polar surface area (TPSA) is 34.0 Å². The van der Waals surface area contributed by atoms with Crippen molar-refractivity contribution >= 4 is 5.82 Å². The third-order valence-electron chi connectivity index (χ3n) is 2.19. The minimum atomic E-state index is 1.05. The van der Waals surface area contributed by atoms with E-state index < -0.39 is 0 Å². The smallest absolute Gasteiger partial charge is 0.174 e. The number of hydrogen-bond donors (Lipinski definition) is 0. The molecule has 0 spiro atoms. The molecule has 0 unspecified atom stereocenters. The highest BCUT2D eigenvalue weighted by Gasteiger charge is 2.18. The molecule has 60 valence electrons. The molecule has 0 saturated heterocycles. The van der Waals surface area contributed by atoms with Crippen molar-refractivity contribution in [3.05, 3.63) is 5.69 Å². The summed E-state index contributed by atoms with van der Waals surface area (Å²) in [4.78, 5) is 2.16. The molecule has 1 aliphatic heterocycles. The molecular weight excluding hydrogens is 140 g/mol. The predicted molar refractivity (Wildman–Crippen MR) is 42.6 cm³/mol. The maximum absolute atomic E-state index is 4.08. The summed E-state index contributed by atoms with van der Waals surface area (Å²) < 4.78 is 1.87. The van der Waals surface area contributed by atoms with E-state index in [2.05, 4.69) is 22.3 Å². The first kappa shape index (κ1) is 6.64. The monoisotopic (exact) mass is 152 g/mol. The van der Waals surface area contributed by atoms with Gasteiger partial charge >= 0.3 is 0 Å². The SMILES string of the molecule is CN1CCCc2c1nnn2C. The minimum Gasteiger partial charge on any atom is -0.357 e. The number of rotatable bonds is 0. The van der Waals surface area contributed by atoms with Crippen molar-refractivity contribution < 1.29 is 0 Å². The first-order valence-corrected chi connectivity index (χ1v) is 3.89. The molecule has 4 nitrogen and oxygen atoms in total. The summed E-state index contributed by atoms with van der Waals surface area (Å²) in [5, 5.41) is 8.05. The number of aryl methyl sites for hydroxylation is 1. The second kappa shape index (κ2) is 2.22. The van der Waals surface area contributed by atoms with E-state index in [4.69, 9.17) is 0 Å². The van der Waals surface area contributed by atoms with Crippen molar-refractivity contribution in [3.8, 4) is 0 Å². The Morgan fingerprint density at radius 2 is 2.18 bits per heavy atom. The lowest BCUT2D eigenvalue weighted by molar-refractivity contribution is 0.650. The average Bonchev–Trinajstić information content (AvgIpc) is 2.35. The van der Waals surface area contributed by atoms with Crippen LogP contribution < -0.4 is 4.90 Å². The molecule has 0 aliphatic carbocycles. The van der Waals surface area contributed by atoms with Crippen molar-refractivity contribution in [3.63, 3.8) is 0 Å². The lowest BCUT2D eigenvalue weighted by Crippen LogP contribution is -2.25. The van der Waals surface area contributed by atoms with Gasteiger partial charge in [-0.15, -0.1) is 5.10 Å². The summed E-state index contributed by atoms with van der Waals surface area (Å²) >= 11 is 0. The van der Waals surface area contributed by atoms with Crippen LogP contribution in [0, 0.1) is 0 Å². The molecule has 0 bridgehead atoms. The lowest BCUT2D eigenvalue weighted by atomic mass is 10.1. The van der Waals surface area contributed by atoms with Gasteiger partial charge in [-0.3, -0.25) is 4.68 Å². The summed E-state index contributed by atoms with van der Waals surface area (Å²) in [5.41, 5.74) is 1.26. The first-order valence-electron chi connectivity index (χ1n) is 3.89. The van der Waals surface area contributed by atoms with Crippen LogP contribution in [0.5, 0.6) is 0 Å². The van der Waals surface area contributed by atoms with E-state index in [1.165, 1.54) is 12.1 Å². The molecule has 0 aromatic carbocycles. The Balaban J connectivity index is 2.46. The molecule has 0 amide bonds. The van der Waals surface area contributed by atoms with E-state index in [9.17, 15) is 0 Å². The molecule has 0 atom stereocenters. The Hall–Kier alpha value is -1.06. The number of nitrogens with zero attached hydrogens (tertiary/aromatic N) is 4. The molecule has 2 rings (SSSR count). The number of fused-ring (bicyclic) bond motifs is 1. The third kappa shape index (κ3) is 0.895. The molecule has 0 radical (unpaired) electrons. The molecule has 0 saturated carbocycles. The fourth-order valence-electron chi connectivity index (χ4n) is 1.53. The van der Waals surface area contributed by atoms with Gasteiger partial charge in [0.1, 0.15) is 0 Å². The standard InChI is InChI=1S/C7H12N4/c1-10-5-3-4-6-7(10)8-9-11(6)2/h3-5H2,1-2H3. The second-order valence-corrected chi connectivity index (χ2v) is 3.01. The maximum atomic E-state index is 4.08. The van der Waals surface area contributed by atoms with E-state index in [0.717, 1.165) is 18.8 Å². The van der Waals surface area contributed by atoms with Crippen molar-refractivity contribution in [1.82, 2.24) is 15.0 Å². The molecule has 4 heteroatoms.